The number of aromatic nitrogens is 3. The van der Waals surface area contributed by atoms with Crippen molar-refractivity contribution in [1.29, 1.82) is 0 Å². The highest BCUT2D eigenvalue weighted by Gasteiger charge is 2.43. The zero-order chi connectivity index (χ0) is 15.6. The Kier molecular flexibility index (Phi) is 4.80. The van der Waals surface area contributed by atoms with Crippen LogP contribution in [0.25, 0.3) is 0 Å². The van der Waals surface area contributed by atoms with Crippen LogP contribution in [0.4, 0.5) is 13.2 Å². The second-order valence-electron chi connectivity index (χ2n) is 5.16. The molecule has 1 aromatic heterocycles. The molecular formula is C12H16F3N3O2S. The highest BCUT2D eigenvalue weighted by atomic mass is 32.2. The van der Waals surface area contributed by atoms with Crippen molar-refractivity contribution in [2.75, 3.05) is 5.75 Å². The first-order valence-corrected chi connectivity index (χ1v) is 7.58. The Morgan fingerprint density at radius 2 is 2.19 bits per heavy atom. The molecule has 2 unspecified atom stereocenters. The molecule has 0 saturated heterocycles. The quantitative estimate of drug-likeness (QED) is 0.863. The molecule has 0 aliphatic heterocycles. The number of rotatable bonds is 4. The van der Waals surface area contributed by atoms with Crippen molar-refractivity contribution in [2.45, 2.75) is 42.9 Å². The van der Waals surface area contributed by atoms with Crippen LogP contribution in [0.1, 0.15) is 37.4 Å². The predicted octanol–water partition coefficient (Wildman–Crippen LogP) is 2.83. The zero-order valence-corrected chi connectivity index (χ0v) is 12.2. The van der Waals surface area contributed by atoms with Gasteiger partial charge in [-0.1, -0.05) is 18.2 Å². The summed E-state index contributed by atoms with van der Waals surface area (Å²) in [4.78, 5) is 14.7. The normalized spacial score (nSPS) is 23.2. The van der Waals surface area contributed by atoms with E-state index in [2.05, 4.69) is 10.1 Å². The van der Waals surface area contributed by atoms with Crippen molar-refractivity contribution in [3.8, 4) is 0 Å². The summed E-state index contributed by atoms with van der Waals surface area (Å²) >= 11 is 1.01. The van der Waals surface area contributed by atoms with Crippen LogP contribution in [-0.4, -0.2) is 37.8 Å². The molecular weight excluding hydrogens is 307 g/mol. The number of halogens is 3. The van der Waals surface area contributed by atoms with E-state index in [0.717, 1.165) is 11.8 Å². The zero-order valence-electron chi connectivity index (χ0n) is 11.4. The van der Waals surface area contributed by atoms with E-state index >= 15 is 0 Å². The number of aliphatic carboxylic acids is 1. The van der Waals surface area contributed by atoms with Crippen molar-refractivity contribution in [1.82, 2.24) is 14.8 Å². The summed E-state index contributed by atoms with van der Waals surface area (Å²) in [5, 5.41) is 13.2. The molecule has 0 amide bonds. The highest BCUT2D eigenvalue weighted by Crippen LogP contribution is 2.43. The van der Waals surface area contributed by atoms with Gasteiger partial charge in [0.1, 0.15) is 0 Å². The van der Waals surface area contributed by atoms with Gasteiger partial charge in [0.2, 0.25) is 0 Å². The highest BCUT2D eigenvalue weighted by molar-refractivity contribution is 7.99. The van der Waals surface area contributed by atoms with Gasteiger partial charge in [0.15, 0.2) is 11.0 Å². The van der Waals surface area contributed by atoms with Crippen molar-refractivity contribution in [3.05, 3.63) is 5.82 Å². The fraction of sp³-hybridized carbons (Fsp3) is 0.750. The van der Waals surface area contributed by atoms with Crippen LogP contribution < -0.4 is 0 Å². The summed E-state index contributed by atoms with van der Waals surface area (Å²) in [7, 11) is 1.62. The average molecular weight is 323 g/mol. The van der Waals surface area contributed by atoms with Gasteiger partial charge in [-0.25, -0.2) is 9.67 Å². The molecule has 9 heteroatoms. The monoisotopic (exact) mass is 323 g/mol. The minimum Gasteiger partial charge on any atom is -0.481 e. The summed E-state index contributed by atoms with van der Waals surface area (Å²) in [6, 6.07) is 0. The maximum atomic E-state index is 12.8. The first kappa shape index (κ1) is 16.1. The van der Waals surface area contributed by atoms with E-state index < -0.39 is 18.1 Å². The number of carboxylic acid groups (broad SMARTS) is 1. The molecule has 5 nitrogen and oxygen atoms in total. The first-order valence-electron chi connectivity index (χ1n) is 6.59. The molecule has 1 heterocycles. The first-order chi connectivity index (χ1) is 9.77. The van der Waals surface area contributed by atoms with Crippen LogP contribution in [0, 0.1) is 5.92 Å². The van der Waals surface area contributed by atoms with Crippen molar-refractivity contribution >= 4 is 17.7 Å². The van der Waals surface area contributed by atoms with Gasteiger partial charge < -0.3 is 5.11 Å². The van der Waals surface area contributed by atoms with Crippen molar-refractivity contribution in [3.63, 3.8) is 0 Å². The largest absolute Gasteiger partial charge is 0.481 e. The molecule has 1 aliphatic rings. The molecule has 1 saturated carbocycles. The van der Waals surface area contributed by atoms with Gasteiger partial charge >= 0.3 is 12.1 Å². The van der Waals surface area contributed by atoms with Crippen LogP contribution in [0.3, 0.4) is 0 Å². The average Bonchev–Trinajstić information content (AvgIpc) is 2.77. The molecule has 1 fully saturated rings. The summed E-state index contributed by atoms with van der Waals surface area (Å²) in [5.74, 6) is -2.34. The Balaban J connectivity index is 2.07. The fourth-order valence-corrected chi connectivity index (χ4v) is 3.17. The number of carbonyl (C=O) groups is 1. The van der Waals surface area contributed by atoms with E-state index in [1.54, 1.807) is 7.05 Å². The predicted molar refractivity (Wildman–Crippen MR) is 70.1 cm³/mol. The van der Waals surface area contributed by atoms with E-state index in [1.807, 2.05) is 0 Å². The second kappa shape index (κ2) is 6.25. The number of thioether (sulfide) groups is 1. The fourth-order valence-electron chi connectivity index (χ4n) is 2.54. The maximum absolute atomic E-state index is 12.8. The third-order valence-electron chi connectivity index (χ3n) is 3.57. The molecule has 0 bridgehead atoms. The topological polar surface area (TPSA) is 68.0 Å². The van der Waals surface area contributed by atoms with Crippen LogP contribution in [0.15, 0.2) is 5.16 Å². The molecule has 0 aromatic carbocycles. The number of nitrogens with zero attached hydrogens (tertiary/aromatic N) is 3. The van der Waals surface area contributed by atoms with Crippen LogP contribution in [0.2, 0.25) is 0 Å². The van der Waals surface area contributed by atoms with Gasteiger partial charge in [-0.3, -0.25) is 4.79 Å². The van der Waals surface area contributed by atoms with Gasteiger partial charge in [0.25, 0.3) is 0 Å². The van der Waals surface area contributed by atoms with Crippen LogP contribution in [-0.2, 0) is 11.8 Å². The van der Waals surface area contributed by atoms with Crippen LogP contribution >= 0.6 is 11.8 Å². The Hall–Kier alpha value is -1.25. The smallest absolute Gasteiger partial charge is 0.391 e. The number of aryl methyl sites for hydroxylation is 1. The van der Waals surface area contributed by atoms with E-state index in [0.29, 0.717) is 23.8 Å². The second-order valence-corrected chi connectivity index (χ2v) is 6.10. The van der Waals surface area contributed by atoms with Gasteiger partial charge in [-0.2, -0.15) is 18.3 Å². The van der Waals surface area contributed by atoms with Gasteiger partial charge in [0, 0.05) is 13.0 Å². The summed E-state index contributed by atoms with van der Waals surface area (Å²) in [6.45, 7) is 0. The lowest BCUT2D eigenvalue weighted by atomic mass is 9.81. The Labute approximate surface area is 123 Å². The summed E-state index contributed by atoms with van der Waals surface area (Å²) < 4.78 is 39.9. The lowest BCUT2D eigenvalue weighted by Crippen LogP contribution is -2.28. The van der Waals surface area contributed by atoms with E-state index in [1.165, 1.54) is 4.68 Å². The summed E-state index contributed by atoms with van der Waals surface area (Å²) in [6.07, 6.45) is -2.86. The van der Waals surface area contributed by atoms with Crippen molar-refractivity contribution in [2.24, 2.45) is 13.0 Å². The molecule has 1 aliphatic carbocycles. The Morgan fingerprint density at radius 3 is 2.81 bits per heavy atom. The van der Waals surface area contributed by atoms with Crippen LogP contribution in [0.5, 0.6) is 0 Å². The number of alkyl halides is 3. The molecule has 2 atom stereocenters. The Bertz CT molecular complexity index is 518. The minimum atomic E-state index is -4.17. The molecule has 2 rings (SSSR count). The maximum Gasteiger partial charge on any atom is 0.391 e. The molecule has 1 aromatic rings. The summed E-state index contributed by atoms with van der Waals surface area (Å²) in [5.41, 5.74) is 0. The molecule has 0 radical (unpaired) electrons. The van der Waals surface area contributed by atoms with E-state index in [4.69, 9.17) is 5.11 Å². The molecule has 21 heavy (non-hydrogen) atoms. The number of hydrogen-bond donors (Lipinski definition) is 1. The van der Waals surface area contributed by atoms with Crippen molar-refractivity contribution < 1.29 is 23.1 Å². The molecule has 118 valence electrons. The molecule has 1 N–H and O–H groups in total. The lowest BCUT2D eigenvalue weighted by molar-refractivity contribution is -0.183. The SMILES string of the molecule is Cn1nc(C2CCCC(C(F)(F)F)C2)nc1SCC(=O)O. The number of carboxylic acids is 1. The van der Waals surface area contributed by atoms with Gasteiger partial charge in [-0.05, 0) is 19.3 Å². The third kappa shape index (κ3) is 4.12. The van der Waals surface area contributed by atoms with Gasteiger partial charge in [-0.15, -0.1) is 0 Å². The standard InChI is InChI=1S/C12H16F3N3O2S/c1-18-11(21-6-9(19)20)16-10(17-18)7-3-2-4-8(5-7)12(13,14)15/h7-8H,2-6H2,1H3,(H,19,20). The number of hydrogen-bond acceptors (Lipinski definition) is 4. The molecule has 0 spiro atoms. The van der Waals surface area contributed by atoms with Gasteiger partial charge in [0.05, 0.1) is 11.7 Å². The van der Waals surface area contributed by atoms with E-state index in [9.17, 15) is 18.0 Å². The van der Waals surface area contributed by atoms with E-state index in [-0.39, 0.29) is 24.5 Å². The third-order valence-corrected chi connectivity index (χ3v) is 4.57. The minimum absolute atomic E-state index is 0.0105. The Morgan fingerprint density at radius 1 is 1.48 bits per heavy atom. The lowest BCUT2D eigenvalue weighted by Gasteiger charge is -2.28.